The Balaban J connectivity index is 2.66. The average molecular weight is 191 g/mol. The molecule has 72 valence electrons. The maximum Gasteiger partial charge on any atom is 0.151 e. The van der Waals surface area contributed by atoms with Crippen molar-refractivity contribution in [2.24, 2.45) is 17.6 Å². The average Bonchev–Trinajstić information content (AvgIpc) is 1.83. The van der Waals surface area contributed by atoms with E-state index in [1.807, 2.05) is 0 Å². The van der Waals surface area contributed by atoms with Crippen LogP contribution in [0.3, 0.4) is 0 Å². The summed E-state index contributed by atoms with van der Waals surface area (Å²) in [5.74, 6) is 1.38. The van der Waals surface area contributed by atoms with Crippen LogP contribution in [0.15, 0.2) is 0 Å². The van der Waals surface area contributed by atoms with Crippen LogP contribution in [0.2, 0.25) is 0 Å². The molecule has 1 saturated heterocycles. The molecule has 2 unspecified atom stereocenters. The van der Waals surface area contributed by atoms with Crippen molar-refractivity contribution in [3.63, 3.8) is 0 Å². The fourth-order valence-electron chi connectivity index (χ4n) is 1.86. The Kier molecular flexibility index (Phi) is 2.78. The zero-order valence-electron chi connectivity index (χ0n) is 7.66. The van der Waals surface area contributed by atoms with Gasteiger partial charge in [0.15, 0.2) is 9.84 Å². The van der Waals surface area contributed by atoms with Crippen molar-refractivity contribution in [1.82, 2.24) is 0 Å². The summed E-state index contributed by atoms with van der Waals surface area (Å²) in [6, 6.07) is -0.149. The Morgan fingerprint density at radius 2 is 2.00 bits per heavy atom. The molecule has 2 N–H and O–H groups in total. The van der Waals surface area contributed by atoms with Crippen LogP contribution < -0.4 is 5.73 Å². The van der Waals surface area contributed by atoms with Crippen LogP contribution >= 0.6 is 0 Å². The number of sulfone groups is 1. The van der Waals surface area contributed by atoms with Crippen molar-refractivity contribution < 1.29 is 8.42 Å². The second-order valence-electron chi connectivity index (χ2n) is 3.97. The molecule has 0 amide bonds. The third kappa shape index (κ3) is 2.20. The molecule has 0 aliphatic carbocycles. The summed E-state index contributed by atoms with van der Waals surface area (Å²) in [7, 11) is -2.82. The molecule has 1 fully saturated rings. The number of hydrogen-bond donors (Lipinski definition) is 1. The highest BCUT2D eigenvalue weighted by molar-refractivity contribution is 7.91. The van der Waals surface area contributed by atoms with E-state index in [4.69, 9.17) is 5.73 Å². The normalized spacial score (nSPS) is 35.3. The third-order valence-electron chi connectivity index (χ3n) is 2.61. The highest BCUT2D eigenvalue weighted by atomic mass is 32.2. The Bertz CT molecular complexity index is 246. The van der Waals surface area contributed by atoms with Gasteiger partial charge in [-0.15, -0.1) is 0 Å². The minimum atomic E-state index is -2.82. The molecule has 0 saturated carbocycles. The van der Waals surface area contributed by atoms with Crippen molar-refractivity contribution in [2.45, 2.75) is 26.3 Å². The molecule has 12 heavy (non-hydrogen) atoms. The third-order valence-corrected chi connectivity index (χ3v) is 4.37. The smallest absolute Gasteiger partial charge is 0.151 e. The Hall–Kier alpha value is -0.0900. The molecule has 0 spiro atoms. The molecule has 1 heterocycles. The van der Waals surface area contributed by atoms with Crippen molar-refractivity contribution in [2.75, 3.05) is 11.5 Å². The van der Waals surface area contributed by atoms with E-state index in [1.165, 1.54) is 0 Å². The van der Waals surface area contributed by atoms with Crippen molar-refractivity contribution >= 4 is 9.84 Å². The van der Waals surface area contributed by atoms with E-state index in [0.717, 1.165) is 6.42 Å². The lowest BCUT2D eigenvalue weighted by Gasteiger charge is -2.31. The molecule has 2 atom stereocenters. The van der Waals surface area contributed by atoms with Gasteiger partial charge in [-0.3, -0.25) is 0 Å². The Labute approximate surface area is 74.3 Å². The van der Waals surface area contributed by atoms with Gasteiger partial charge in [0.25, 0.3) is 0 Å². The lowest BCUT2D eigenvalue weighted by atomic mass is 9.87. The topological polar surface area (TPSA) is 60.2 Å². The lowest BCUT2D eigenvalue weighted by molar-refractivity contribution is 0.313. The quantitative estimate of drug-likeness (QED) is 0.653. The second-order valence-corrected chi connectivity index (χ2v) is 6.20. The van der Waals surface area contributed by atoms with Crippen LogP contribution in [0.4, 0.5) is 0 Å². The summed E-state index contributed by atoms with van der Waals surface area (Å²) in [6.45, 7) is 4.20. The summed E-state index contributed by atoms with van der Waals surface area (Å²) in [5, 5.41) is 0. The van der Waals surface area contributed by atoms with Gasteiger partial charge in [0.1, 0.15) is 0 Å². The number of nitrogens with two attached hydrogens (primary N) is 1. The summed E-state index contributed by atoms with van der Waals surface area (Å²) in [6.07, 6.45) is 0.737. The van der Waals surface area contributed by atoms with E-state index in [0.29, 0.717) is 17.6 Å². The SMILES string of the molecule is CC(C)C1CCS(=O)(=O)CC1N. The fraction of sp³-hybridized carbons (Fsp3) is 1.00. The minimum Gasteiger partial charge on any atom is -0.327 e. The first kappa shape index (κ1) is 9.99. The van der Waals surface area contributed by atoms with E-state index >= 15 is 0 Å². The lowest BCUT2D eigenvalue weighted by Crippen LogP contribution is -2.45. The molecule has 1 rings (SSSR count). The minimum absolute atomic E-state index is 0.149. The summed E-state index contributed by atoms with van der Waals surface area (Å²) in [4.78, 5) is 0. The van der Waals surface area contributed by atoms with E-state index in [-0.39, 0.29) is 11.8 Å². The summed E-state index contributed by atoms with van der Waals surface area (Å²) < 4.78 is 22.3. The monoisotopic (exact) mass is 191 g/mol. The van der Waals surface area contributed by atoms with Gasteiger partial charge in [0.05, 0.1) is 11.5 Å². The summed E-state index contributed by atoms with van der Waals surface area (Å²) in [5.41, 5.74) is 5.78. The standard InChI is InChI=1S/C8H17NO2S/c1-6(2)7-3-4-12(10,11)5-8(7)9/h6-8H,3-5,9H2,1-2H3. The van der Waals surface area contributed by atoms with Crippen molar-refractivity contribution in [1.29, 1.82) is 0 Å². The molecule has 0 radical (unpaired) electrons. The Morgan fingerprint density at radius 3 is 2.42 bits per heavy atom. The van der Waals surface area contributed by atoms with Gasteiger partial charge < -0.3 is 5.73 Å². The molecule has 1 aliphatic heterocycles. The van der Waals surface area contributed by atoms with Crippen LogP contribution in [0, 0.1) is 11.8 Å². The van der Waals surface area contributed by atoms with Gasteiger partial charge in [0, 0.05) is 6.04 Å². The largest absolute Gasteiger partial charge is 0.327 e. The van der Waals surface area contributed by atoms with E-state index < -0.39 is 9.84 Å². The maximum atomic E-state index is 11.1. The fourth-order valence-corrected chi connectivity index (χ4v) is 3.49. The maximum absolute atomic E-state index is 11.1. The van der Waals surface area contributed by atoms with Crippen molar-refractivity contribution in [3.8, 4) is 0 Å². The van der Waals surface area contributed by atoms with Gasteiger partial charge in [0.2, 0.25) is 0 Å². The highest BCUT2D eigenvalue weighted by Crippen LogP contribution is 2.24. The zero-order valence-corrected chi connectivity index (χ0v) is 8.47. The molecular weight excluding hydrogens is 174 g/mol. The van der Waals surface area contributed by atoms with Crippen molar-refractivity contribution in [3.05, 3.63) is 0 Å². The van der Waals surface area contributed by atoms with E-state index in [2.05, 4.69) is 13.8 Å². The van der Waals surface area contributed by atoms with Gasteiger partial charge in [-0.2, -0.15) is 0 Å². The van der Waals surface area contributed by atoms with Gasteiger partial charge in [-0.25, -0.2) is 8.42 Å². The predicted octanol–water partition coefficient (Wildman–Crippen LogP) is 0.404. The first-order valence-electron chi connectivity index (χ1n) is 4.38. The van der Waals surface area contributed by atoms with Crippen LogP contribution in [0.5, 0.6) is 0 Å². The molecule has 0 aromatic carbocycles. The van der Waals surface area contributed by atoms with Gasteiger partial charge in [-0.05, 0) is 18.3 Å². The highest BCUT2D eigenvalue weighted by Gasteiger charge is 2.31. The summed E-state index contributed by atoms with van der Waals surface area (Å²) >= 11 is 0. The number of rotatable bonds is 1. The predicted molar refractivity (Wildman–Crippen MR) is 49.6 cm³/mol. The van der Waals surface area contributed by atoms with Crippen LogP contribution in [0.25, 0.3) is 0 Å². The molecule has 3 nitrogen and oxygen atoms in total. The first-order valence-corrected chi connectivity index (χ1v) is 6.20. The van der Waals surface area contributed by atoms with E-state index in [9.17, 15) is 8.42 Å². The molecule has 1 aliphatic rings. The van der Waals surface area contributed by atoms with Crippen LogP contribution in [0.1, 0.15) is 20.3 Å². The first-order chi connectivity index (χ1) is 5.42. The number of hydrogen-bond acceptors (Lipinski definition) is 3. The van der Waals surface area contributed by atoms with E-state index in [1.54, 1.807) is 0 Å². The molecular formula is C8H17NO2S. The van der Waals surface area contributed by atoms with Gasteiger partial charge >= 0.3 is 0 Å². The molecule has 0 bridgehead atoms. The molecule has 0 aromatic rings. The molecule has 0 aromatic heterocycles. The zero-order chi connectivity index (χ0) is 9.35. The van der Waals surface area contributed by atoms with Gasteiger partial charge in [-0.1, -0.05) is 13.8 Å². The molecule has 4 heteroatoms. The second kappa shape index (κ2) is 3.34. The van der Waals surface area contributed by atoms with Crippen LogP contribution in [-0.2, 0) is 9.84 Å². The Morgan fingerprint density at radius 1 is 1.42 bits per heavy atom. The van der Waals surface area contributed by atoms with Crippen LogP contribution in [-0.4, -0.2) is 26.0 Å².